The number of ketones is 1. The van der Waals surface area contributed by atoms with E-state index in [0.717, 1.165) is 9.59 Å². The molecular formula is C17H10F2N6O. The van der Waals surface area contributed by atoms with Crippen molar-refractivity contribution < 1.29 is 13.6 Å². The van der Waals surface area contributed by atoms with Crippen LogP contribution < -0.4 is 0 Å². The van der Waals surface area contributed by atoms with Gasteiger partial charge in [-0.05, 0) is 24.3 Å². The van der Waals surface area contributed by atoms with Crippen LogP contribution in [0.3, 0.4) is 0 Å². The van der Waals surface area contributed by atoms with Crippen molar-refractivity contribution in [3.8, 4) is 11.4 Å². The summed E-state index contributed by atoms with van der Waals surface area (Å²) in [6.07, 6.45) is 5.45. The first-order valence-corrected chi connectivity index (χ1v) is 7.52. The molecule has 0 unspecified atom stereocenters. The first kappa shape index (κ1) is 15.8. The molecule has 2 aromatic carbocycles. The van der Waals surface area contributed by atoms with Crippen molar-refractivity contribution in [1.29, 1.82) is 0 Å². The lowest BCUT2D eigenvalue weighted by molar-refractivity contribution is 0.103. The van der Waals surface area contributed by atoms with Gasteiger partial charge in [0, 0.05) is 0 Å². The molecule has 0 amide bonds. The minimum atomic E-state index is -0.679. The Hall–Kier alpha value is -3.75. The minimum Gasteiger partial charge on any atom is -0.288 e. The highest BCUT2D eigenvalue weighted by molar-refractivity contribution is 6.13. The van der Waals surface area contributed by atoms with Gasteiger partial charge < -0.3 is 0 Å². The quantitative estimate of drug-likeness (QED) is 0.527. The molecule has 0 saturated carbocycles. The van der Waals surface area contributed by atoms with Crippen LogP contribution in [-0.2, 0) is 0 Å². The highest BCUT2D eigenvalue weighted by atomic mass is 19.1. The second-order valence-electron chi connectivity index (χ2n) is 5.24. The zero-order chi connectivity index (χ0) is 18.1. The molecule has 0 saturated heterocycles. The van der Waals surface area contributed by atoms with Crippen LogP contribution in [0.25, 0.3) is 11.4 Å². The molecule has 9 heteroatoms. The number of benzene rings is 2. The molecule has 0 aliphatic heterocycles. The van der Waals surface area contributed by atoms with Crippen molar-refractivity contribution in [3.63, 3.8) is 0 Å². The number of rotatable bonds is 4. The number of aromatic nitrogens is 6. The van der Waals surface area contributed by atoms with Gasteiger partial charge in [0.05, 0.1) is 35.9 Å². The summed E-state index contributed by atoms with van der Waals surface area (Å²) in [5, 5.41) is 15.5. The van der Waals surface area contributed by atoms with Crippen LogP contribution in [0.2, 0.25) is 0 Å². The van der Waals surface area contributed by atoms with Crippen molar-refractivity contribution in [2.75, 3.05) is 0 Å². The third-order valence-electron chi connectivity index (χ3n) is 3.70. The molecule has 0 spiro atoms. The lowest BCUT2D eigenvalue weighted by Crippen LogP contribution is -2.15. The van der Waals surface area contributed by atoms with E-state index in [1.165, 1.54) is 61.2 Å². The molecule has 26 heavy (non-hydrogen) atoms. The van der Waals surface area contributed by atoms with Crippen LogP contribution in [0.5, 0.6) is 0 Å². The Morgan fingerprint density at radius 1 is 0.692 bits per heavy atom. The maximum absolute atomic E-state index is 14.4. The van der Waals surface area contributed by atoms with E-state index in [1.54, 1.807) is 0 Å². The zero-order valence-electron chi connectivity index (χ0n) is 13.1. The molecule has 0 atom stereocenters. The van der Waals surface area contributed by atoms with Gasteiger partial charge in [-0.2, -0.15) is 20.4 Å². The lowest BCUT2D eigenvalue weighted by atomic mass is 9.99. The van der Waals surface area contributed by atoms with E-state index in [0.29, 0.717) is 0 Å². The standard InChI is InChI=1S/C17H10F2N6O/c18-13-5-1-3-11(15(13)24-20-7-8-21-24)17(26)12-4-2-6-14(19)16(12)25-22-9-10-23-25/h1-10H. The summed E-state index contributed by atoms with van der Waals surface area (Å²) in [5.41, 5.74) is -0.266. The van der Waals surface area contributed by atoms with Crippen LogP contribution in [0.1, 0.15) is 15.9 Å². The molecule has 4 rings (SSSR count). The van der Waals surface area contributed by atoms with Gasteiger partial charge in [0.1, 0.15) is 11.4 Å². The monoisotopic (exact) mass is 352 g/mol. The van der Waals surface area contributed by atoms with Gasteiger partial charge in [0.2, 0.25) is 0 Å². The minimum absolute atomic E-state index is 0.0137. The first-order valence-electron chi connectivity index (χ1n) is 7.52. The van der Waals surface area contributed by atoms with E-state index in [-0.39, 0.29) is 22.5 Å². The average molecular weight is 352 g/mol. The smallest absolute Gasteiger partial charge is 0.197 e. The average Bonchev–Trinajstić information content (AvgIpc) is 3.34. The fraction of sp³-hybridized carbons (Fsp3) is 0. The summed E-state index contributed by atoms with van der Waals surface area (Å²) >= 11 is 0. The Bertz CT molecular complexity index is 991. The van der Waals surface area contributed by atoms with E-state index in [1.807, 2.05) is 0 Å². The second-order valence-corrected chi connectivity index (χ2v) is 5.24. The van der Waals surface area contributed by atoms with Crippen molar-refractivity contribution in [2.24, 2.45) is 0 Å². The molecule has 4 aromatic rings. The molecule has 128 valence electrons. The second kappa shape index (κ2) is 6.28. The van der Waals surface area contributed by atoms with E-state index in [9.17, 15) is 13.6 Å². The largest absolute Gasteiger partial charge is 0.288 e. The third-order valence-corrected chi connectivity index (χ3v) is 3.70. The van der Waals surface area contributed by atoms with E-state index in [2.05, 4.69) is 20.4 Å². The number of para-hydroxylation sites is 2. The van der Waals surface area contributed by atoms with Crippen LogP contribution in [0, 0.1) is 11.6 Å². The van der Waals surface area contributed by atoms with Crippen LogP contribution in [0.15, 0.2) is 61.2 Å². The number of carbonyl (C=O) groups excluding carboxylic acids is 1. The van der Waals surface area contributed by atoms with E-state index in [4.69, 9.17) is 0 Å². The summed E-state index contributed by atoms with van der Waals surface area (Å²) in [7, 11) is 0. The molecule has 0 radical (unpaired) electrons. The Morgan fingerprint density at radius 3 is 1.46 bits per heavy atom. The molecule has 0 aliphatic carbocycles. The lowest BCUT2D eigenvalue weighted by Gasteiger charge is -2.12. The van der Waals surface area contributed by atoms with Gasteiger partial charge in [-0.3, -0.25) is 4.79 Å². The zero-order valence-corrected chi connectivity index (χ0v) is 13.1. The van der Waals surface area contributed by atoms with Gasteiger partial charge >= 0.3 is 0 Å². The number of halogens is 2. The fourth-order valence-corrected chi connectivity index (χ4v) is 2.61. The van der Waals surface area contributed by atoms with Crippen LogP contribution >= 0.6 is 0 Å². The SMILES string of the molecule is O=C(c1cccc(F)c1-n1nccn1)c1cccc(F)c1-n1nccn1. The predicted octanol–water partition coefficient (Wildman–Crippen LogP) is 2.36. The number of hydrogen-bond acceptors (Lipinski definition) is 5. The highest BCUT2D eigenvalue weighted by Crippen LogP contribution is 2.25. The molecule has 0 fully saturated rings. The van der Waals surface area contributed by atoms with Crippen molar-refractivity contribution in [3.05, 3.63) is 83.9 Å². The van der Waals surface area contributed by atoms with Crippen molar-refractivity contribution in [2.45, 2.75) is 0 Å². The fourth-order valence-electron chi connectivity index (χ4n) is 2.61. The highest BCUT2D eigenvalue weighted by Gasteiger charge is 2.24. The number of nitrogens with zero attached hydrogens (tertiary/aromatic N) is 6. The maximum atomic E-state index is 14.4. The third kappa shape index (κ3) is 2.55. The Kier molecular flexibility index (Phi) is 3.81. The summed E-state index contributed by atoms with van der Waals surface area (Å²) in [6.45, 7) is 0. The van der Waals surface area contributed by atoms with Gasteiger partial charge in [-0.1, -0.05) is 12.1 Å². The molecule has 0 aliphatic rings. The van der Waals surface area contributed by atoms with E-state index >= 15 is 0 Å². The van der Waals surface area contributed by atoms with Gasteiger partial charge in [0.15, 0.2) is 17.4 Å². The summed E-state index contributed by atoms with van der Waals surface area (Å²) < 4.78 is 28.8. The summed E-state index contributed by atoms with van der Waals surface area (Å²) in [6, 6.07) is 8.01. The number of hydrogen-bond donors (Lipinski definition) is 0. The molecule has 0 N–H and O–H groups in total. The normalized spacial score (nSPS) is 10.8. The van der Waals surface area contributed by atoms with Crippen molar-refractivity contribution in [1.82, 2.24) is 30.0 Å². The molecule has 7 nitrogen and oxygen atoms in total. The summed E-state index contributed by atoms with van der Waals surface area (Å²) in [5.74, 6) is -1.96. The van der Waals surface area contributed by atoms with Crippen molar-refractivity contribution >= 4 is 5.78 Å². The predicted molar refractivity (Wildman–Crippen MR) is 86.1 cm³/mol. The summed E-state index contributed by atoms with van der Waals surface area (Å²) in [4.78, 5) is 15.1. The maximum Gasteiger partial charge on any atom is 0.197 e. The molecule has 0 bridgehead atoms. The van der Waals surface area contributed by atoms with Crippen LogP contribution in [0.4, 0.5) is 8.78 Å². The molecular weight excluding hydrogens is 342 g/mol. The Labute approximate surface area is 145 Å². The van der Waals surface area contributed by atoms with Crippen LogP contribution in [-0.4, -0.2) is 35.8 Å². The van der Waals surface area contributed by atoms with E-state index < -0.39 is 17.4 Å². The Balaban J connectivity index is 1.92. The Morgan fingerprint density at radius 2 is 1.08 bits per heavy atom. The van der Waals surface area contributed by atoms with Gasteiger partial charge in [-0.15, -0.1) is 9.59 Å². The first-order chi connectivity index (χ1) is 12.7. The van der Waals surface area contributed by atoms with Gasteiger partial charge in [0.25, 0.3) is 0 Å². The topological polar surface area (TPSA) is 78.5 Å². The number of carbonyl (C=O) groups is 1. The molecule has 2 aromatic heterocycles. The molecule has 2 heterocycles. The van der Waals surface area contributed by atoms with Gasteiger partial charge in [-0.25, -0.2) is 8.78 Å².